The predicted octanol–water partition coefficient (Wildman–Crippen LogP) is 9.00. The summed E-state index contributed by atoms with van der Waals surface area (Å²) in [5.41, 5.74) is 13.8. The zero-order chi connectivity index (χ0) is 23.0. The van der Waals surface area contributed by atoms with E-state index in [1.165, 1.54) is 12.8 Å². The fourth-order valence-electron chi connectivity index (χ4n) is 8.09. The number of hydrogen-bond acceptors (Lipinski definition) is 0. The van der Waals surface area contributed by atoms with Crippen molar-refractivity contribution in [2.75, 3.05) is 0 Å². The predicted molar refractivity (Wildman–Crippen MR) is 141 cm³/mol. The van der Waals surface area contributed by atoms with Gasteiger partial charge in [-0.1, -0.05) is 0 Å². The molecule has 0 nitrogen and oxygen atoms in total. The van der Waals surface area contributed by atoms with Crippen LogP contribution in [0.5, 0.6) is 0 Å². The fraction of sp³-hybridized carbons (Fsp3) is 0.467. The molecule has 2 atom stereocenters. The standard InChI is InChI=1S/C28H34Si.2CH3.Zr/c1-7-19-13-11-15-23-17-21(9-3)27(25(19)23)29(5,6)28-22(10-4)18-24-16-12-14-20(8-2)26(24)28;;;/h11-18H,7-10H2,1-6H3;2*1H3;. The molecule has 5 rings (SSSR count). The molecule has 0 radical (unpaired) electrons. The Hall–Kier alpha value is -0.980. The van der Waals surface area contributed by atoms with Crippen molar-refractivity contribution >= 4 is 18.5 Å². The second-order valence-electron chi connectivity index (χ2n) is 11.3. The van der Waals surface area contributed by atoms with E-state index in [0.29, 0.717) is 0 Å². The van der Waals surface area contributed by atoms with E-state index in [9.17, 15) is 0 Å². The first-order valence-electron chi connectivity index (χ1n) is 13.0. The maximum absolute atomic E-state index is 2.80. The van der Waals surface area contributed by atoms with Crippen molar-refractivity contribution in [1.29, 1.82) is 0 Å². The van der Waals surface area contributed by atoms with Gasteiger partial charge >= 0.3 is 203 Å². The molecule has 0 N–H and O–H groups in total. The Kier molecular flexibility index (Phi) is 5.54. The normalized spacial score (nSPS) is 24.4. The number of hydrogen-bond donors (Lipinski definition) is 0. The van der Waals surface area contributed by atoms with Crippen LogP contribution in [0.1, 0.15) is 81.2 Å². The van der Waals surface area contributed by atoms with E-state index in [1.807, 2.05) is 21.5 Å². The van der Waals surface area contributed by atoms with Crippen LogP contribution in [-0.4, -0.2) is 8.07 Å². The van der Waals surface area contributed by atoms with Gasteiger partial charge in [0.2, 0.25) is 0 Å². The average Bonchev–Trinajstić information content (AvgIpc) is 3.33. The molecule has 2 heteroatoms. The molecule has 0 spiro atoms. The van der Waals surface area contributed by atoms with E-state index >= 15 is 0 Å². The fourth-order valence-corrected chi connectivity index (χ4v) is 25.2. The summed E-state index contributed by atoms with van der Waals surface area (Å²) < 4.78 is 7.07. The molecule has 2 aromatic rings. The van der Waals surface area contributed by atoms with Gasteiger partial charge < -0.3 is 0 Å². The second kappa shape index (κ2) is 7.78. The summed E-state index contributed by atoms with van der Waals surface area (Å²) in [4.78, 5) is 0. The third-order valence-electron chi connectivity index (χ3n) is 9.09. The van der Waals surface area contributed by atoms with Crippen LogP contribution in [0.3, 0.4) is 0 Å². The van der Waals surface area contributed by atoms with Gasteiger partial charge in [0.15, 0.2) is 0 Å². The Bertz CT molecular complexity index is 1090. The Morgan fingerprint density at radius 2 is 1.06 bits per heavy atom. The first kappa shape index (κ1) is 22.8. The molecule has 2 aromatic carbocycles. The average molecular weight is 520 g/mol. The van der Waals surface area contributed by atoms with Gasteiger partial charge in [0.1, 0.15) is 0 Å². The third-order valence-corrected chi connectivity index (χ3v) is 23.3. The molecule has 2 unspecified atom stereocenters. The molecule has 0 amide bonds. The van der Waals surface area contributed by atoms with E-state index in [1.54, 1.807) is 33.4 Å². The van der Waals surface area contributed by atoms with Crippen molar-refractivity contribution < 1.29 is 20.3 Å². The van der Waals surface area contributed by atoms with Gasteiger partial charge in [0, 0.05) is 0 Å². The van der Waals surface area contributed by atoms with Crippen LogP contribution >= 0.6 is 0 Å². The van der Waals surface area contributed by atoms with Crippen LogP contribution in [0, 0.1) is 0 Å². The number of aryl methyl sites for hydroxylation is 2. The molecule has 3 aliphatic rings. The molecule has 1 aliphatic heterocycles. The first-order valence-corrected chi connectivity index (χ1v) is 23.7. The van der Waals surface area contributed by atoms with Crippen molar-refractivity contribution in [3.05, 3.63) is 80.9 Å². The van der Waals surface area contributed by atoms with Crippen LogP contribution in [-0.2, 0) is 33.1 Å². The molecule has 2 aliphatic carbocycles. The molecule has 0 fully saturated rings. The van der Waals surface area contributed by atoms with Crippen molar-refractivity contribution in [1.82, 2.24) is 0 Å². The zero-order valence-electron chi connectivity index (χ0n) is 21.4. The van der Waals surface area contributed by atoms with E-state index in [-0.39, 0.29) is 0 Å². The zero-order valence-corrected chi connectivity index (χ0v) is 24.9. The summed E-state index contributed by atoms with van der Waals surface area (Å²) in [6.45, 7) is 15.0. The van der Waals surface area contributed by atoms with E-state index in [4.69, 9.17) is 0 Å². The number of fused-ring (bicyclic) bond motifs is 8. The molecule has 0 saturated carbocycles. The molecule has 0 saturated heterocycles. The molecule has 1 heterocycles. The Morgan fingerprint density at radius 3 is 1.41 bits per heavy atom. The van der Waals surface area contributed by atoms with Gasteiger partial charge in [0.05, 0.1) is 0 Å². The summed E-state index contributed by atoms with van der Waals surface area (Å²) in [5.74, 6) is 0. The first-order chi connectivity index (χ1) is 15.2. The molecule has 168 valence electrons. The van der Waals surface area contributed by atoms with Crippen LogP contribution in [0.25, 0.3) is 10.4 Å². The van der Waals surface area contributed by atoms with Gasteiger partial charge in [-0.15, -0.1) is 0 Å². The van der Waals surface area contributed by atoms with Crippen LogP contribution in [0.4, 0.5) is 0 Å². The van der Waals surface area contributed by atoms with Crippen molar-refractivity contribution in [3.8, 4) is 0 Å². The van der Waals surface area contributed by atoms with Crippen molar-refractivity contribution in [3.63, 3.8) is 0 Å². The van der Waals surface area contributed by atoms with Crippen molar-refractivity contribution in [2.24, 2.45) is 0 Å². The third kappa shape index (κ3) is 2.75. The van der Waals surface area contributed by atoms with Gasteiger partial charge in [-0.05, 0) is 0 Å². The van der Waals surface area contributed by atoms with E-state index < -0.39 is 28.3 Å². The summed E-state index contributed by atoms with van der Waals surface area (Å²) in [6.07, 6.45) is 4.76. The molecule has 0 aromatic heterocycles. The SMILES string of the molecule is CCC1=C2c3c(CC)cccc3[CH]1[Zr]([CH3])([CH3])[CH]1C(CC)=C(c3c(CC)cccc31)[Si]2(C)C. The molecular weight excluding hydrogens is 480 g/mol. The number of benzene rings is 2. The van der Waals surface area contributed by atoms with Gasteiger partial charge in [-0.25, -0.2) is 0 Å². The van der Waals surface area contributed by atoms with Gasteiger partial charge in [-0.3, -0.25) is 0 Å². The topological polar surface area (TPSA) is 0 Å². The van der Waals surface area contributed by atoms with E-state index in [2.05, 4.69) is 86.5 Å². The number of rotatable bonds is 4. The molecule has 32 heavy (non-hydrogen) atoms. The van der Waals surface area contributed by atoms with Crippen molar-refractivity contribution in [2.45, 2.75) is 83.0 Å². The van der Waals surface area contributed by atoms with Crippen LogP contribution in [0.2, 0.25) is 22.4 Å². The minimum absolute atomic E-state index is 0.738. The van der Waals surface area contributed by atoms with Crippen LogP contribution < -0.4 is 0 Å². The summed E-state index contributed by atoms with van der Waals surface area (Å²) >= 11 is -2.72. The monoisotopic (exact) mass is 518 g/mol. The molecule has 4 bridgehead atoms. The van der Waals surface area contributed by atoms with Crippen LogP contribution in [0.15, 0.2) is 47.5 Å². The summed E-state index contributed by atoms with van der Waals surface area (Å²) in [7, 11) is -1.88. The second-order valence-corrected chi connectivity index (χ2v) is 27.3. The van der Waals surface area contributed by atoms with Gasteiger partial charge in [-0.2, -0.15) is 0 Å². The van der Waals surface area contributed by atoms with Gasteiger partial charge in [0.25, 0.3) is 0 Å². The minimum atomic E-state index is -2.72. The Balaban J connectivity index is 1.96. The Morgan fingerprint density at radius 1 is 0.656 bits per heavy atom. The summed E-state index contributed by atoms with van der Waals surface area (Å²) in [5, 5.41) is 3.70. The molecular formula is C30H40SiZr. The van der Waals surface area contributed by atoms with E-state index in [0.717, 1.165) is 20.1 Å². The summed E-state index contributed by atoms with van der Waals surface area (Å²) in [6, 6.07) is 14.7. The quantitative estimate of drug-likeness (QED) is 0.353. The number of allylic oxidation sites excluding steroid dienone is 2. The Labute approximate surface area is 201 Å². The maximum atomic E-state index is 2.80.